The third-order valence-corrected chi connectivity index (χ3v) is 7.52. The van der Waals surface area contributed by atoms with Gasteiger partial charge in [-0.05, 0) is 42.7 Å². The van der Waals surface area contributed by atoms with E-state index in [1.54, 1.807) is 12.1 Å². The molecule has 12 heteroatoms. The molecule has 2 aliphatic heterocycles. The molecule has 0 saturated carbocycles. The quantitative estimate of drug-likeness (QED) is 0.534. The Labute approximate surface area is 220 Å². The number of ether oxygens (including phenoxy) is 2. The highest BCUT2D eigenvalue weighted by molar-refractivity contribution is 7.90. The average molecular weight is 554 g/mol. The molecule has 1 N–H and O–H groups in total. The SMILES string of the molecule is CCc1c(C(=O)NCc2ccc(F)c(Cl)c2)cc(C2=NOC(C3COC(CS(C)(=O)=O)CO3)C2)nc1C. The van der Waals surface area contributed by atoms with Gasteiger partial charge in [0.15, 0.2) is 6.10 Å². The molecule has 9 nitrogen and oxygen atoms in total. The number of carbonyl (C=O) groups excluding carboxylic acids is 1. The Balaban J connectivity index is 1.42. The maximum atomic E-state index is 13.4. The van der Waals surface area contributed by atoms with E-state index in [-0.39, 0.29) is 36.4 Å². The summed E-state index contributed by atoms with van der Waals surface area (Å²) < 4.78 is 47.9. The summed E-state index contributed by atoms with van der Waals surface area (Å²) >= 11 is 5.85. The summed E-state index contributed by atoms with van der Waals surface area (Å²) in [5, 5.41) is 7.05. The van der Waals surface area contributed by atoms with Gasteiger partial charge in [0, 0.05) is 30.5 Å². The highest BCUT2D eigenvalue weighted by atomic mass is 35.5. The summed E-state index contributed by atoms with van der Waals surface area (Å²) in [4.78, 5) is 23.4. The fraction of sp³-hybridized carbons (Fsp3) is 0.480. The highest BCUT2D eigenvalue weighted by Gasteiger charge is 2.36. The highest BCUT2D eigenvalue weighted by Crippen LogP contribution is 2.25. The van der Waals surface area contributed by atoms with Crippen LogP contribution < -0.4 is 5.32 Å². The fourth-order valence-electron chi connectivity index (χ4n) is 4.38. The summed E-state index contributed by atoms with van der Waals surface area (Å²) in [5.41, 5.74) is 3.78. The minimum absolute atomic E-state index is 0.00454. The van der Waals surface area contributed by atoms with E-state index >= 15 is 0 Å². The van der Waals surface area contributed by atoms with Gasteiger partial charge in [0.05, 0.1) is 35.8 Å². The lowest BCUT2D eigenvalue weighted by atomic mass is 9.99. The average Bonchev–Trinajstić information content (AvgIpc) is 3.34. The van der Waals surface area contributed by atoms with Crippen LogP contribution in [0.3, 0.4) is 0 Å². The van der Waals surface area contributed by atoms with Crippen molar-refractivity contribution in [1.82, 2.24) is 10.3 Å². The second-order valence-electron chi connectivity index (χ2n) is 9.21. The maximum absolute atomic E-state index is 13.4. The fourth-order valence-corrected chi connectivity index (χ4v) is 5.45. The second-order valence-corrected chi connectivity index (χ2v) is 11.8. The minimum Gasteiger partial charge on any atom is -0.389 e. The molecule has 2 aliphatic rings. The van der Waals surface area contributed by atoms with E-state index in [1.165, 1.54) is 12.1 Å². The Bertz CT molecular complexity index is 1310. The Morgan fingerprint density at radius 1 is 1.22 bits per heavy atom. The molecule has 2 aromatic rings. The van der Waals surface area contributed by atoms with Crippen LogP contribution >= 0.6 is 11.6 Å². The number of benzene rings is 1. The van der Waals surface area contributed by atoms with Crippen LogP contribution in [-0.2, 0) is 37.1 Å². The molecule has 1 saturated heterocycles. The minimum atomic E-state index is -3.17. The standard InChI is InChI=1S/C25H29ClFN3O6S/c1-4-17-14(2)29-21(8-18(17)25(31)28-10-15-5-6-20(27)19(26)7-15)22-9-23(36-30-22)24-12-34-16(11-35-24)13-37(3,32)33/h5-8,16,23-24H,4,9-13H2,1-3H3,(H,28,31). The van der Waals surface area contributed by atoms with E-state index in [0.29, 0.717) is 41.1 Å². The molecule has 3 heterocycles. The molecule has 1 aromatic carbocycles. The van der Waals surface area contributed by atoms with Gasteiger partial charge in [0.2, 0.25) is 0 Å². The molecule has 0 aliphatic carbocycles. The second kappa shape index (κ2) is 11.4. The van der Waals surface area contributed by atoms with Gasteiger partial charge in [-0.15, -0.1) is 0 Å². The molecule has 1 aromatic heterocycles. The number of sulfone groups is 1. The zero-order valence-corrected chi connectivity index (χ0v) is 22.4. The van der Waals surface area contributed by atoms with E-state index in [0.717, 1.165) is 11.8 Å². The summed E-state index contributed by atoms with van der Waals surface area (Å²) in [5.74, 6) is -0.906. The number of aromatic nitrogens is 1. The Hall–Kier alpha value is -2.60. The first-order valence-corrected chi connectivity index (χ1v) is 14.3. The molecular formula is C25H29ClFN3O6S. The van der Waals surface area contributed by atoms with Gasteiger partial charge in [0.25, 0.3) is 5.91 Å². The number of carbonyl (C=O) groups is 1. The van der Waals surface area contributed by atoms with Crippen LogP contribution in [0.4, 0.5) is 4.39 Å². The van der Waals surface area contributed by atoms with Crippen molar-refractivity contribution < 1.29 is 31.9 Å². The molecule has 0 radical (unpaired) electrons. The lowest BCUT2D eigenvalue weighted by Gasteiger charge is -2.31. The molecule has 0 bridgehead atoms. The van der Waals surface area contributed by atoms with Crippen molar-refractivity contribution in [3.63, 3.8) is 0 Å². The predicted molar refractivity (Wildman–Crippen MR) is 136 cm³/mol. The van der Waals surface area contributed by atoms with Crippen molar-refractivity contribution in [3.05, 3.63) is 63.2 Å². The van der Waals surface area contributed by atoms with Crippen molar-refractivity contribution in [2.75, 3.05) is 25.2 Å². The van der Waals surface area contributed by atoms with Crippen LogP contribution in [0.2, 0.25) is 5.02 Å². The van der Waals surface area contributed by atoms with Crippen molar-refractivity contribution in [2.24, 2.45) is 5.16 Å². The summed E-state index contributed by atoms with van der Waals surface area (Å²) in [6.07, 6.45) is 0.844. The van der Waals surface area contributed by atoms with E-state index in [1.807, 2.05) is 13.8 Å². The van der Waals surface area contributed by atoms with Crippen LogP contribution in [-0.4, -0.2) is 68.6 Å². The van der Waals surface area contributed by atoms with Crippen LogP contribution in [0.1, 0.15) is 46.2 Å². The third kappa shape index (κ3) is 6.84. The number of pyridine rings is 1. The Morgan fingerprint density at radius 2 is 2.00 bits per heavy atom. The monoisotopic (exact) mass is 553 g/mol. The summed E-state index contributed by atoms with van der Waals surface area (Å²) in [6.45, 7) is 4.32. The van der Waals surface area contributed by atoms with Crippen molar-refractivity contribution in [3.8, 4) is 0 Å². The van der Waals surface area contributed by atoms with Crippen LogP contribution in [0.25, 0.3) is 0 Å². The van der Waals surface area contributed by atoms with Gasteiger partial charge in [-0.25, -0.2) is 12.8 Å². The number of rotatable bonds is 8. The van der Waals surface area contributed by atoms with Gasteiger partial charge >= 0.3 is 0 Å². The predicted octanol–water partition coefficient (Wildman–Crippen LogP) is 3.00. The van der Waals surface area contributed by atoms with Gasteiger partial charge in [-0.2, -0.15) is 0 Å². The maximum Gasteiger partial charge on any atom is 0.251 e. The van der Waals surface area contributed by atoms with Crippen LogP contribution in [0.15, 0.2) is 29.4 Å². The topological polar surface area (TPSA) is 116 Å². The van der Waals surface area contributed by atoms with Gasteiger partial charge < -0.3 is 19.6 Å². The molecule has 4 rings (SSSR count). The lowest BCUT2D eigenvalue weighted by molar-refractivity contribution is -0.165. The summed E-state index contributed by atoms with van der Waals surface area (Å²) in [7, 11) is -3.17. The number of hydrogen-bond acceptors (Lipinski definition) is 8. The van der Waals surface area contributed by atoms with Gasteiger partial charge in [0.1, 0.15) is 27.5 Å². The molecule has 1 fully saturated rings. The smallest absolute Gasteiger partial charge is 0.251 e. The molecule has 3 atom stereocenters. The number of nitrogens with one attached hydrogen (secondary N) is 1. The number of aryl methyl sites for hydroxylation is 1. The van der Waals surface area contributed by atoms with E-state index in [9.17, 15) is 17.6 Å². The van der Waals surface area contributed by atoms with Crippen LogP contribution in [0.5, 0.6) is 0 Å². The first kappa shape index (κ1) is 27.4. The Morgan fingerprint density at radius 3 is 2.65 bits per heavy atom. The number of oxime groups is 1. The molecule has 200 valence electrons. The molecular weight excluding hydrogens is 525 g/mol. The van der Waals surface area contributed by atoms with Crippen LogP contribution in [0, 0.1) is 12.7 Å². The first-order valence-electron chi connectivity index (χ1n) is 11.9. The van der Waals surface area contributed by atoms with E-state index in [2.05, 4.69) is 15.5 Å². The number of hydrogen-bond donors (Lipinski definition) is 1. The third-order valence-electron chi connectivity index (χ3n) is 6.25. The normalized spacial score (nSPS) is 21.9. The van der Waals surface area contributed by atoms with Gasteiger partial charge in [-0.3, -0.25) is 9.78 Å². The van der Waals surface area contributed by atoms with Crippen molar-refractivity contribution in [2.45, 2.75) is 51.5 Å². The van der Waals surface area contributed by atoms with Crippen molar-refractivity contribution in [1.29, 1.82) is 0 Å². The molecule has 3 unspecified atom stereocenters. The van der Waals surface area contributed by atoms with Gasteiger partial charge in [-0.1, -0.05) is 29.7 Å². The number of amides is 1. The van der Waals surface area contributed by atoms with E-state index < -0.39 is 34.0 Å². The van der Waals surface area contributed by atoms with Crippen molar-refractivity contribution >= 4 is 33.1 Å². The van der Waals surface area contributed by atoms with E-state index in [4.69, 9.17) is 25.9 Å². The zero-order chi connectivity index (χ0) is 26.7. The number of halogens is 2. The summed E-state index contributed by atoms with van der Waals surface area (Å²) in [6, 6.07) is 6.00. The largest absolute Gasteiger partial charge is 0.389 e. The molecule has 37 heavy (non-hydrogen) atoms. The number of nitrogens with zero attached hydrogens (tertiary/aromatic N) is 2. The first-order chi connectivity index (χ1) is 17.5. The Kier molecular flexibility index (Phi) is 8.47. The molecule has 1 amide bonds. The lowest BCUT2D eigenvalue weighted by Crippen LogP contribution is -2.44. The molecule has 0 spiro atoms. The zero-order valence-electron chi connectivity index (χ0n) is 20.8.